The van der Waals surface area contributed by atoms with Crippen molar-refractivity contribution in [2.75, 3.05) is 26.2 Å². The van der Waals surface area contributed by atoms with Gasteiger partial charge in [-0.2, -0.15) is 0 Å². The highest BCUT2D eigenvalue weighted by atomic mass is 79.9. The van der Waals surface area contributed by atoms with Crippen LogP contribution in [-0.2, 0) is 13.2 Å². The number of hydrogen-bond acceptors (Lipinski definition) is 3. The third-order valence-electron chi connectivity index (χ3n) is 5.47. The summed E-state index contributed by atoms with van der Waals surface area (Å²) in [6.45, 7) is 4.07. The number of carbonyl (C=O) groups excluding carboxylic acids is 1. The average Bonchev–Trinajstić information content (AvgIpc) is 2.80. The fourth-order valence-electron chi connectivity index (χ4n) is 3.64. The van der Waals surface area contributed by atoms with E-state index in [9.17, 15) is 9.18 Å². The molecule has 4 nitrogen and oxygen atoms in total. The lowest BCUT2D eigenvalue weighted by Crippen LogP contribution is -2.48. The van der Waals surface area contributed by atoms with Gasteiger partial charge < -0.3 is 9.64 Å². The molecule has 32 heavy (non-hydrogen) atoms. The van der Waals surface area contributed by atoms with Crippen LogP contribution in [0.2, 0.25) is 5.02 Å². The van der Waals surface area contributed by atoms with E-state index < -0.39 is 0 Å². The highest BCUT2D eigenvalue weighted by Crippen LogP contribution is 2.28. The van der Waals surface area contributed by atoms with Gasteiger partial charge in [0, 0.05) is 42.8 Å². The minimum absolute atomic E-state index is 0.0369. The van der Waals surface area contributed by atoms with Crippen LogP contribution < -0.4 is 4.74 Å². The predicted molar refractivity (Wildman–Crippen MR) is 128 cm³/mol. The Bertz CT molecular complexity index is 1070. The maximum absolute atomic E-state index is 13.1. The van der Waals surface area contributed by atoms with Crippen molar-refractivity contribution in [1.82, 2.24) is 9.80 Å². The summed E-state index contributed by atoms with van der Waals surface area (Å²) in [5, 5.41) is 0.546. The molecule has 0 atom stereocenters. The lowest BCUT2D eigenvalue weighted by atomic mass is 10.1. The topological polar surface area (TPSA) is 32.8 Å². The molecule has 0 saturated carbocycles. The van der Waals surface area contributed by atoms with Gasteiger partial charge in [-0.05, 0) is 53.6 Å². The van der Waals surface area contributed by atoms with Crippen LogP contribution >= 0.6 is 27.5 Å². The van der Waals surface area contributed by atoms with E-state index in [1.54, 1.807) is 6.07 Å². The molecule has 3 aromatic carbocycles. The van der Waals surface area contributed by atoms with E-state index in [1.165, 1.54) is 12.1 Å². The molecule has 1 amide bonds. The van der Waals surface area contributed by atoms with Crippen LogP contribution in [0.4, 0.5) is 4.39 Å². The summed E-state index contributed by atoms with van der Waals surface area (Å²) in [6.07, 6.45) is 0. The lowest BCUT2D eigenvalue weighted by molar-refractivity contribution is 0.0628. The number of halogens is 3. The molecular weight excluding hydrogens is 495 g/mol. The van der Waals surface area contributed by atoms with Crippen molar-refractivity contribution in [3.05, 3.63) is 98.7 Å². The minimum atomic E-state index is -0.223. The normalized spacial score (nSPS) is 14.4. The van der Waals surface area contributed by atoms with Gasteiger partial charge in [0.05, 0.1) is 5.02 Å². The zero-order valence-corrected chi connectivity index (χ0v) is 19.8. The van der Waals surface area contributed by atoms with Crippen molar-refractivity contribution in [2.45, 2.75) is 13.2 Å². The van der Waals surface area contributed by atoms with Gasteiger partial charge in [0.2, 0.25) is 0 Å². The number of rotatable bonds is 6. The van der Waals surface area contributed by atoms with Crippen LogP contribution in [-0.4, -0.2) is 41.9 Å². The van der Waals surface area contributed by atoms with Crippen molar-refractivity contribution in [3.63, 3.8) is 0 Å². The summed E-state index contributed by atoms with van der Waals surface area (Å²) >= 11 is 9.56. The number of benzene rings is 3. The Morgan fingerprint density at radius 2 is 1.59 bits per heavy atom. The van der Waals surface area contributed by atoms with E-state index in [0.29, 0.717) is 36.0 Å². The van der Waals surface area contributed by atoms with Crippen LogP contribution in [0.25, 0.3) is 0 Å². The van der Waals surface area contributed by atoms with Gasteiger partial charge in [-0.15, -0.1) is 0 Å². The van der Waals surface area contributed by atoms with Gasteiger partial charge in [-0.1, -0.05) is 51.8 Å². The van der Waals surface area contributed by atoms with Gasteiger partial charge in [-0.25, -0.2) is 4.39 Å². The van der Waals surface area contributed by atoms with Crippen LogP contribution in [0, 0.1) is 5.82 Å². The monoisotopic (exact) mass is 516 g/mol. The third-order valence-corrected chi connectivity index (χ3v) is 6.26. The predicted octanol–water partition coefficient (Wildman–Crippen LogP) is 5.78. The maximum Gasteiger partial charge on any atom is 0.253 e. The molecule has 7 heteroatoms. The van der Waals surface area contributed by atoms with Crippen molar-refractivity contribution < 1.29 is 13.9 Å². The number of nitrogens with zero attached hydrogens (tertiary/aromatic N) is 2. The van der Waals surface area contributed by atoms with Crippen molar-refractivity contribution in [1.29, 1.82) is 0 Å². The largest absolute Gasteiger partial charge is 0.487 e. The molecule has 4 rings (SSSR count). The highest BCUT2D eigenvalue weighted by Gasteiger charge is 2.22. The molecule has 1 heterocycles. The molecule has 3 aromatic rings. The second kappa shape index (κ2) is 10.5. The van der Waals surface area contributed by atoms with Gasteiger partial charge in [0.1, 0.15) is 18.2 Å². The molecule has 0 N–H and O–H groups in total. The Labute approximate surface area is 200 Å². The summed E-state index contributed by atoms with van der Waals surface area (Å²) in [5.74, 6) is 0.433. The standard InChI is InChI=1S/C25H23BrClFN2O2/c26-21-7-10-24(23(27)15-21)32-17-19-1-5-20(6-2-19)25(31)30-13-11-29(12-14-30)16-18-3-8-22(28)9-4-18/h1-10,15H,11-14,16-17H2. The molecule has 1 aliphatic rings. The first kappa shape index (κ1) is 22.8. The molecule has 0 bridgehead atoms. The highest BCUT2D eigenvalue weighted by molar-refractivity contribution is 9.10. The molecule has 1 fully saturated rings. The summed E-state index contributed by atoms with van der Waals surface area (Å²) in [5.41, 5.74) is 2.71. The first-order chi connectivity index (χ1) is 15.5. The van der Waals surface area contributed by atoms with Crippen LogP contribution in [0.5, 0.6) is 5.75 Å². The van der Waals surface area contributed by atoms with Gasteiger partial charge in [0.15, 0.2) is 0 Å². The second-order valence-electron chi connectivity index (χ2n) is 7.76. The fourth-order valence-corrected chi connectivity index (χ4v) is 4.36. The molecule has 0 radical (unpaired) electrons. The fraction of sp³-hybridized carbons (Fsp3) is 0.240. The summed E-state index contributed by atoms with van der Waals surface area (Å²) in [6, 6.07) is 19.6. The van der Waals surface area contributed by atoms with E-state index in [-0.39, 0.29) is 11.7 Å². The molecule has 0 spiro atoms. The minimum Gasteiger partial charge on any atom is -0.487 e. The van der Waals surface area contributed by atoms with E-state index in [0.717, 1.165) is 35.2 Å². The molecule has 0 aromatic heterocycles. The number of carbonyl (C=O) groups is 1. The Balaban J connectivity index is 1.27. The number of ether oxygens (including phenoxy) is 1. The van der Waals surface area contributed by atoms with E-state index >= 15 is 0 Å². The van der Waals surface area contributed by atoms with Crippen LogP contribution in [0.1, 0.15) is 21.5 Å². The molecule has 0 unspecified atom stereocenters. The molecule has 166 valence electrons. The van der Waals surface area contributed by atoms with E-state index in [1.807, 2.05) is 53.4 Å². The van der Waals surface area contributed by atoms with Crippen LogP contribution in [0.15, 0.2) is 71.2 Å². The summed E-state index contributed by atoms with van der Waals surface area (Å²) < 4.78 is 19.8. The Morgan fingerprint density at radius 1 is 0.938 bits per heavy atom. The Morgan fingerprint density at radius 3 is 2.25 bits per heavy atom. The van der Waals surface area contributed by atoms with Crippen molar-refractivity contribution in [2.24, 2.45) is 0 Å². The average molecular weight is 518 g/mol. The molecule has 1 saturated heterocycles. The first-order valence-electron chi connectivity index (χ1n) is 10.4. The van der Waals surface area contributed by atoms with Crippen molar-refractivity contribution >= 4 is 33.4 Å². The Kier molecular flexibility index (Phi) is 7.45. The van der Waals surface area contributed by atoms with Crippen molar-refractivity contribution in [3.8, 4) is 5.75 Å². The van der Waals surface area contributed by atoms with Gasteiger partial charge >= 0.3 is 0 Å². The smallest absolute Gasteiger partial charge is 0.253 e. The number of piperazine rings is 1. The molecular formula is C25H23BrClFN2O2. The van der Waals surface area contributed by atoms with E-state index in [4.69, 9.17) is 16.3 Å². The number of amides is 1. The quantitative estimate of drug-likeness (QED) is 0.416. The van der Waals surface area contributed by atoms with Crippen LogP contribution in [0.3, 0.4) is 0 Å². The maximum atomic E-state index is 13.1. The molecule has 1 aliphatic heterocycles. The summed E-state index contributed by atoms with van der Waals surface area (Å²) in [4.78, 5) is 17.0. The van der Waals surface area contributed by atoms with Gasteiger partial charge in [0.25, 0.3) is 5.91 Å². The number of hydrogen-bond donors (Lipinski definition) is 0. The zero-order chi connectivity index (χ0) is 22.5. The second-order valence-corrected chi connectivity index (χ2v) is 9.08. The SMILES string of the molecule is O=C(c1ccc(COc2ccc(Br)cc2Cl)cc1)N1CCN(Cc2ccc(F)cc2)CC1. The Hall–Kier alpha value is -2.41. The first-order valence-corrected chi connectivity index (χ1v) is 11.6. The van der Waals surface area contributed by atoms with Gasteiger partial charge in [-0.3, -0.25) is 9.69 Å². The third kappa shape index (κ3) is 5.88. The summed E-state index contributed by atoms with van der Waals surface area (Å²) in [7, 11) is 0. The lowest BCUT2D eigenvalue weighted by Gasteiger charge is -2.34. The molecule has 0 aliphatic carbocycles. The zero-order valence-electron chi connectivity index (χ0n) is 17.4. The van der Waals surface area contributed by atoms with E-state index in [2.05, 4.69) is 20.8 Å².